The van der Waals surface area contributed by atoms with Gasteiger partial charge in [0.15, 0.2) is 0 Å². The first-order valence-corrected chi connectivity index (χ1v) is 9.46. The normalized spacial score (nSPS) is 27.2. The highest BCUT2D eigenvalue weighted by atomic mass is 32.2. The van der Waals surface area contributed by atoms with Gasteiger partial charge in [-0.25, -0.2) is 4.79 Å². The molecule has 6 nitrogen and oxygen atoms in total. The Bertz CT molecular complexity index is 472. The minimum atomic E-state index is -0.527. The van der Waals surface area contributed by atoms with Crippen molar-refractivity contribution in [3.05, 3.63) is 12.2 Å². The Kier molecular flexibility index (Phi) is 7.60. The molecule has 2 amide bonds. The molecular formula is C17H31N3O3S. The largest absolute Gasteiger partial charge is 0.444 e. The molecule has 1 aliphatic rings. The summed E-state index contributed by atoms with van der Waals surface area (Å²) in [4.78, 5) is 23.8. The van der Waals surface area contributed by atoms with Crippen molar-refractivity contribution in [1.82, 2.24) is 16.0 Å². The van der Waals surface area contributed by atoms with Gasteiger partial charge in [0.25, 0.3) is 0 Å². The number of alkyl carbamates (subject to hydrolysis) is 1. The lowest BCUT2D eigenvalue weighted by molar-refractivity contribution is -0.116. The maximum Gasteiger partial charge on any atom is 0.407 e. The highest BCUT2D eigenvalue weighted by molar-refractivity contribution is 7.99. The van der Waals surface area contributed by atoms with Gasteiger partial charge in [0.2, 0.25) is 5.91 Å². The van der Waals surface area contributed by atoms with Crippen LogP contribution in [0.25, 0.3) is 0 Å². The fourth-order valence-corrected chi connectivity index (χ4v) is 3.50. The summed E-state index contributed by atoms with van der Waals surface area (Å²) in [6, 6.07) is -0.110. The van der Waals surface area contributed by atoms with Gasteiger partial charge in [0, 0.05) is 35.7 Å². The zero-order valence-corrected chi connectivity index (χ0v) is 16.4. The van der Waals surface area contributed by atoms with Crippen LogP contribution >= 0.6 is 11.8 Å². The topological polar surface area (TPSA) is 79.5 Å². The molecule has 0 spiro atoms. The molecule has 0 aromatic heterocycles. The lowest BCUT2D eigenvalue weighted by Crippen LogP contribution is -2.60. The van der Waals surface area contributed by atoms with Crippen LogP contribution in [0.15, 0.2) is 12.2 Å². The van der Waals surface area contributed by atoms with Crippen molar-refractivity contribution in [3.63, 3.8) is 0 Å². The Balaban J connectivity index is 2.84. The molecule has 1 rings (SSSR count). The molecule has 1 aliphatic heterocycles. The molecule has 0 radical (unpaired) electrons. The summed E-state index contributed by atoms with van der Waals surface area (Å²) in [5.74, 6) is 1.44. The molecule has 0 saturated carbocycles. The van der Waals surface area contributed by atoms with E-state index < -0.39 is 11.7 Å². The molecule has 0 saturated heterocycles. The second kappa shape index (κ2) is 8.76. The van der Waals surface area contributed by atoms with E-state index in [2.05, 4.69) is 16.0 Å². The van der Waals surface area contributed by atoms with Crippen molar-refractivity contribution in [2.24, 2.45) is 0 Å². The second-order valence-electron chi connectivity index (χ2n) is 7.58. The van der Waals surface area contributed by atoms with Crippen LogP contribution in [0, 0.1) is 0 Å². The summed E-state index contributed by atoms with van der Waals surface area (Å²) in [6.45, 7) is 12.2. The Morgan fingerprint density at radius 1 is 1.42 bits per heavy atom. The first-order valence-electron chi connectivity index (χ1n) is 8.30. The number of carbonyl (C=O) groups excluding carboxylic acids is 2. The van der Waals surface area contributed by atoms with E-state index in [0.717, 1.165) is 11.5 Å². The van der Waals surface area contributed by atoms with E-state index in [-0.39, 0.29) is 23.5 Å². The predicted molar refractivity (Wildman–Crippen MR) is 99.3 cm³/mol. The van der Waals surface area contributed by atoms with E-state index in [4.69, 9.17) is 4.74 Å². The SMILES string of the molecule is C[C@H]1/C=C/C(=O)NCCSC[C@H](NC(=O)OC(C)(C)C)C(C)(C)N1. The predicted octanol–water partition coefficient (Wildman–Crippen LogP) is 2.06. The summed E-state index contributed by atoms with van der Waals surface area (Å²) < 4.78 is 5.39. The minimum Gasteiger partial charge on any atom is -0.444 e. The lowest BCUT2D eigenvalue weighted by Gasteiger charge is -2.38. The van der Waals surface area contributed by atoms with Crippen LogP contribution in [-0.2, 0) is 9.53 Å². The van der Waals surface area contributed by atoms with Crippen LogP contribution in [0.4, 0.5) is 4.79 Å². The lowest BCUT2D eigenvalue weighted by atomic mass is 9.94. The van der Waals surface area contributed by atoms with Crippen molar-refractivity contribution in [3.8, 4) is 0 Å². The van der Waals surface area contributed by atoms with Crippen molar-refractivity contribution >= 4 is 23.8 Å². The first-order chi connectivity index (χ1) is 11.0. The van der Waals surface area contributed by atoms with E-state index in [1.54, 1.807) is 17.8 Å². The highest BCUT2D eigenvalue weighted by Crippen LogP contribution is 2.17. The van der Waals surface area contributed by atoms with Gasteiger partial charge in [0.1, 0.15) is 5.60 Å². The molecule has 3 N–H and O–H groups in total. The van der Waals surface area contributed by atoms with Gasteiger partial charge in [0.05, 0.1) is 6.04 Å². The summed E-state index contributed by atoms with van der Waals surface area (Å²) in [5.41, 5.74) is -0.885. The molecule has 1 heterocycles. The Morgan fingerprint density at radius 2 is 2.08 bits per heavy atom. The number of amides is 2. The summed E-state index contributed by atoms with van der Waals surface area (Å²) in [6.07, 6.45) is 2.97. The summed E-state index contributed by atoms with van der Waals surface area (Å²) in [5, 5.41) is 9.30. The van der Waals surface area contributed by atoms with Gasteiger partial charge in [-0.05, 0) is 41.5 Å². The smallest absolute Gasteiger partial charge is 0.407 e. The maximum absolute atomic E-state index is 12.2. The van der Waals surface area contributed by atoms with Crippen LogP contribution in [0.5, 0.6) is 0 Å². The van der Waals surface area contributed by atoms with Gasteiger partial charge in [-0.15, -0.1) is 0 Å². The fraction of sp³-hybridized carbons (Fsp3) is 0.765. The standard InChI is InChI=1S/C17H31N3O3S/c1-12-7-8-14(21)18-9-10-24-11-13(17(5,6)20-12)19-15(22)23-16(2,3)4/h7-8,12-13,20H,9-11H2,1-6H3,(H,18,21)(H,19,22)/b8-7+/t12-,13-/m0/s1. The molecule has 24 heavy (non-hydrogen) atoms. The first kappa shape index (κ1) is 20.8. The number of ether oxygens (including phenoxy) is 1. The Morgan fingerprint density at radius 3 is 2.71 bits per heavy atom. The summed E-state index contributed by atoms with van der Waals surface area (Å²) >= 11 is 1.69. The molecule has 0 unspecified atom stereocenters. The molecular weight excluding hydrogens is 326 g/mol. The van der Waals surface area contributed by atoms with E-state index in [9.17, 15) is 9.59 Å². The number of rotatable bonds is 1. The monoisotopic (exact) mass is 357 g/mol. The van der Waals surface area contributed by atoms with Crippen LogP contribution in [-0.4, -0.2) is 53.3 Å². The van der Waals surface area contributed by atoms with Crippen LogP contribution in [0.2, 0.25) is 0 Å². The van der Waals surface area contributed by atoms with Crippen LogP contribution < -0.4 is 16.0 Å². The van der Waals surface area contributed by atoms with Gasteiger partial charge >= 0.3 is 6.09 Å². The highest BCUT2D eigenvalue weighted by Gasteiger charge is 2.32. The molecule has 0 aliphatic carbocycles. The Hall–Kier alpha value is -1.21. The van der Waals surface area contributed by atoms with E-state index in [1.807, 2.05) is 47.6 Å². The maximum atomic E-state index is 12.2. The third kappa shape index (κ3) is 8.06. The van der Waals surface area contributed by atoms with E-state index in [0.29, 0.717) is 6.54 Å². The minimum absolute atomic E-state index is 0.00175. The van der Waals surface area contributed by atoms with Gasteiger partial charge in [-0.2, -0.15) is 11.8 Å². The molecule has 0 bridgehead atoms. The third-order valence-electron chi connectivity index (χ3n) is 3.53. The average molecular weight is 358 g/mol. The van der Waals surface area contributed by atoms with Gasteiger partial charge in [-0.1, -0.05) is 6.08 Å². The molecule has 0 aromatic rings. The van der Waals surface area contributed by atoms with Gasteiger partial charge < -0.3 is 20.7 Å². The van der Waals surface area contributed by atoms with Crippen molar-refractivity contribution in [1.29, 1.82) is 0 Å². The molecule has 138 valence electrons. The fourth-order valence-electron chi connectivity index (χ4n) is 2.35. The molecule has 2 atom stereocenters. The molecule has 0 fully saturated rings. The van der Waals surface area contributed by atoms with Crippen LogP contribution in [0.1, 0.15) is 41.5 Å². The average Bonchev–Trinajstić information content (AvgIpc) is 2.40. The second-order valence-corrected chi connectivity index (χ2v) is 8.73. The zero-order valence-electron chi connectivity index (χ0n) is 15.6. The van der Waals surface area contributed by atoms with Gasteiger partial charge in [-0.3, -0.25) is 4.79 Å². The Labute approximate surface area is 149 Å². The summed E-state index contributed by atoms with van der Waals surface area (Å²) in [7, 11) is 0. The number of hydrogen-bond donors (Lipinski definition) is 3. The molecule has 0 aromatic carbocycles. The number of carbonyl (C=O) groups is 2. The van der Waals surface area contributed by atoms with Crippen molar-refractivity contribution < 1.29 is 14.3 Å². The molecule has 7 heteroatoms. The van der Waals surface area contributed by atoms with Crippen LogP contribution in [0.3, 0.4) is 0 Å². The van der Waals surface area contributed by atoms with Crippen molar-refractivity contribution in [2.45, 2.75) is 64.8 Å². The van der Waals surface area contributed by atoms with E-state index >= 15 is 0 Å². The number of thioether (sulfide) groups is 1. The third-order valence-corrected chi connectivity index (χ3v) is 4.59. The number of hydrogen-bond acceptors (Lipinski definition) is 5. The number of nitrogens with one attached hydrogen (secondary N) is 3. The zero-order chi connectivity index (χ0) is 18.4. The quantitative estimate of drug-likeness (QED) is 0.669. The van der Waals surface area contributed by atoms with Crippen molar-refractivity contribution in [2.75, 3.05) is 18.1 Å². The van der Waals surface area contributed by atoms with E-state index in [1.165, 1.54) is 0 Å².